The largest absolute Gasteiger partial charge is 0.452 e. The number of nitro groups is 1. The van der Waals surface area contributed by atoms with Crippen molar-refractivity contribution in [3.63, 3.8) is 0 Å². The van der Waals surface area contributed by atoms with Gasteiger partial charge in [0.05, 0.1) is 23.7 Å². The molecule has 1 amide bonds. The third-order valence-corrected chi connectivity index (χ3v) is 5.55. The summed E-state index contributed by atoms with van der Waals surface area (Å²) in [6, 6.07) is 4.34. The van der Waals surface area contributed by atoms with E-state index in [0.717, 1.165) is 19.3 Å². The normalized spacial score (nSPS) is 22.0. The quantitative estimate of drug-likeness (QED) is 0.439. The van der Waals surface area contributed by atoms with Gasteiger partial charge in [-0.25, -0.2) is 4.79 Å². The van der Waals surface area contributed by atoms with Gasteiger partial charge < -0.3 is 19.7 Å². The number of morpholine rings is 1. The van der Waals surface area contributed by atoms with Crippen molar-refractivity contribution in [1.29, 1.82) is 0 Å². The fourth-order valence-corrected chi connectivity index (χ4v) is 3.86. The number of esters is 1. The number of benzene rings is 1. The third kappa shape index (κ3) is 5.44. The van der Waals surface area contributed by atoms with Gasteiger partial charge in [0.2, 0.25) is 0 Å². The van der Waals surface area contributed by atoms with E-state index in [1.165, 1.54) is 18.6 Å². The van der Waals surface area contributed by atoms with Crippen LogP contribution in [0.15, 0.2) is 18.2 Å². The van der Waals surface area contributed by atoms with E-state index in [1.807, 2.05) is 4.90 Å². The molecule has 0 aromatic heterocycles. The molecule has 3 rings (SSSR count). The summed E-state index contributed by atoms with van der Waals surface area (Å²) >= 11 is 0. The van der Waals surface area contributed by atoms with Gasteiger partial charge in [-0.3, -0.25) is 14.9 Å². The van der Waals surface area contributed by atoms with Crippen LogP contribution in [0.4, 0.5) is 11.4 Å². The summed E-state index contributed by atoms with van der Waals surface area (Å²) < 4.78 is 10.4. The van der Waals surface area contributed by atoms with Gasteiger partial charge in [-0.2, -0.15) is 0 Å². The maximum atomic E-state index is 12.3. The van der Waals surface area contributed by atoms with Crippen molar-refractivity contribution in [3.05, 3.63) is 33.9 Å². The smallest absolute Gasteiger partial charge is 0.338 e. The molecular formula is C20H27N3O6. The fraction of sp³-hybridized carbons (Fsp3) is 0.600. The second-order valence-corrected chi connectivity index (χ2v) is 7.57. The predicted molar refractivity (Wildman–Crippen MR) is 106 cm³/mol. The Kier molecular flexibility index (Phi) is 7.03. The van der Waals surface area contributed by atoms with Gasteiger partial charge in [0, 0.05) is 25.2 Å². The van der Waals surface area contributed by atoms with Crippen molar-refractivity contribution >= 4 is 23.3 Å². The molecule has 1 aromatic rings. The molecule has 0 bridgehead atoms. The van der Waals surface area contributed by atoms with Crippen LogP contribution in [0.1, 0.15) is 43.0 Å². The molecule has 1 aliphatic carbocycles. The van der Waals surface area contributed by atoms with Crippen LogP contribution in [-0.4, -0.2) is 55.8 Å². The van der Waals surface area contributed by atoms with Gasteiger partial charge in [-0.1, -0.05) is 19.8 Å². The second-order valence-electron chi connectivity index (χ2n) is 7.57. The second kappa shape index (κ2) is 9.69. The lowest BCUT2D eigenvalue weighted by molar-refractivity contribution is -0.384. The Morgan fingerprint density at radius 1 is 1.28 bits per heavy atom. The maximum absolute atomic E-state index is 12.3. The Balaban J connectivity index is 1.60. The van der Waals surface area contributed by atoms with E-state index >= 15 is 0 Å². The van der Waals surface area contributed by atoms with Crippen molar-refractivity contribution in [1.82, 2.24) is 5.32 Å². The lowest BCUT2D eigenvalue weighted by Gasteiger charge is -2.29. The lowest BCUT2D eigenvalue weighted by Crippen LogP contribution is -2.42. The van der Waals surface area contributed by atoms with E-state index in [4.69, 9.17) is 9.47 Å². The molecule has 0 unspecified atom stereocenters. The van der Waals surface area contributed by atoms with Gasteiger partial charge in [0.1, 0.15) is 5.69 Å². The minimum absolute atomic E-state index is 0.0487. The number of hydrogen-bond acceptors (Lipinski definition) is 7. The number of anilines is 1. The average molecular weight is 405 g/mol. The van der Waals surface area contributed by atoms with Crippen molar-refractivity contribution in [2.45, 2.75) is 38.6 Å². The number of hydrogen-bond donors (Lipinski definition) is 1. The molecule has 0 radical (unpaired) electrons. The van der Waals surface area contributed by atoms with Crippen molar-refractivity contribution < 1.29 is 24.0 Å². The number of carbonyl (C=O) groups is 2. The van der Waals surface area contributed by atoms with E-state index in [2.05, 4.69) is 12.2 Å². The number of ether oxygens (including phenoxy) is 2. The molecule has 9 heteroatoms. The molecule has 2 atom stereocenters. The summed E-state index contributed by atoms with van der Waals surface area (Å²) in [5, 5.41) is 14.4. The minimum atomic E-state index is -0.756. The highest BCUT2D eigenvalue weighted by atomic mass is 16.6. The minimum Gasteiger partial charge on any atom is -0.452 e. The molecular weight excluding hydrogens is 378 g/mol. The molecule has 2 aliphatic rings. The van der Waals surface area contributed by atoms with Crippen LogP contribution in [-0.2, 0) is 14.3 Å². The molecule has 29 heavy (non-hydrogen) atoms. The number of nitrogens with one attached hydrogen (secondary N) is 1. The average Bonchev–Trinajstić information content (AvgIpc) is 2.74. The molecule has 1 aromatic carbocycles. The van der Waals surface area contributed by atoms with Gasteiger partial charge >= 0.3 is 5.97 Å². The van der Waals surface area contributed by atoms with Gasteiger partial charge in [-0.05, 0) is 30.9 Å². The van der Waals surface area contributed by atoms with Crippen LogP contribution in [0.3, 0.4) is 0 Å². The standard InChI is InChI=1S/C20H27N3O6/c1-14-4-2-3-5-16(14)21-19(24)13-29-20(25)15-6-7-17(18(12-15)23(26)27)22-8-10-28-11-9-22/h6-7,12,14,16H,2-5,8-11,13H2,1H3,(H,21,24)/t14-,16+/m0/s1. The predicted octanol–water partition coefficient (Wildman–Crippen LogP) is 2.28. The SMILES string of the molecule is C[C@H]1CCCC[C@H]1NC(=O)COC(=O)c1ccc(N2CCOCC2)c([N+](=O)[O-])c1. The van der Waals surface area contributed by atoms with E-state index < -0.39 is 17.5 Å². The maximum Gasteiger partial charge on any atom is 0.338 e. The zero-order chi connectivity index (χ0) is 20.8. The van der Waals surface area contributed by atoms with Crippen LogP contribution in [0, 0.1) is 16.0 Å². The molecule has 1 heterocycles. The molecule has 1 N–H and O–H groups in total. The zero-order valence-electron chi connectivity index (χ0n) is 16.6. The number of nitrogens with zero attached hydrogens (tertiary/aromatic N) is 2. The Morgan fingerprint density at radius 3 is 2.69 bits per heavy atom. The number of rotatable bonds is 6. The molecule has 2 fully saturated rings. The summed E-state index contributed by atoms with van der Waals surface area (Å²) in [7, 11) is 0. The summed E-state index contributed by atoms with van der Waals surface area (Å²) in [5.41, 5.74) is 0.327. The number of carbonyl (C=O) groups excluding carboxylic acids is 2. The highest BCUT2D eigenvalue weighted by Gasteiger charge is 2.25. The Hall–Kier alpha value is -2.68. The molecule has 9 nitrogen and oxygen atoms in total. The first-order valence-corrected chi connectivity index (χ1v) is 10.0. The van der Waals surface area contributed by atoms with E-state index in [9.17, 15) is 19.7 Å². The lowest BCUT2D eigenvalue weighted by atomic mass is 9.86. The van der Waals surface area contributed by atoms with Gasteiger partial charge in [-0.15, -0.1) is 0 Å². The van der Waals surface area contributed by atoms with Crippen LogP contribution >= 0.6 is 0 Å². The van der Waals surface area contributed by atoms with Crippen LogP contribution in [0.25, 0.3) is 0 Å². The first kappa shape index (κ1) is 21.0. The van der Waals surface area contributed by atoms with Crippen molar-refractivity contribution in [2.24, 2.45) is 5.92 Å². The molecule has 1 saturated heterocycles. The number of amides is 1. The summed E-state index contributed by atoms with van der Waals surface area (Å²) in [6.07, 6.45) is 4.25. The Labute approximate surface area is 169 Å². The monoisotopic (exact) mass is 405 g/mol. The fourth-order valence-electron chi connectivity index (χ4n) is 3.86. The Morgan fingerprint density at radius 2 is 2.00 bits per heavy atom. The highest BCUT2D eigenvalue weighted by molar-refractivity contribution is 5.93. The topological polar surface area (TPSA) is 111 Å². The van der Waals surface area contributed by atoms with Crippen molar-refractivity contribution in [3.8, 4) is 0 Å². The molecule has 0 spiro atoms. The molecule has 1 aliphatic heterocycles. The third-order valence-electron chi connectivity index (χ3n) is 5.55. The highest BCUT2D eigenvalue weighted by Crippen LogP contribution is 2.30. The molecule has 1 saturated carbocycles. The molecule has 158 valence electrons. The number of nitro benzene ring substituents is 1. The van der Waals surface area contributed by atoms with E-state index in [-0.39, 0.29) is 23.2 Å². The van der Waals surface area contributed by atoms with Crippen LogP contribution < -0.4 is 10.2 Å². The summed E-state index contributed by atoms with van der Waals surface area (Å²) in [6.45, 7) is 3.78. The van der Waals surface area contributed by atoms with Crippen LogP contribution in [0.2, 0.25) is 0 Å². The van der Waals surface area contributed by atoms with E-state index in [0.29, 0.717) is 37.9 Å². The summed E-state index contributed by atoms with van der Waals surface area (Å²) in [5.74, 6) is -0.705. The van der Waals surface area contributed by atoms with Gasteiger partial charge in [0.15, 0.2) is 6.61 Å². The van der Waals surface area contributed by atoms with Crippen LogP contribution in [0.5, 0.6) is 0 Å². The summed E-state index contributed by atoms with van der Waals surface area (Å²) in [4.78, 5) is 37.3. The van der Waals surface area contributed by atoms with E-state index in [1.54, 1.807) is 6.07 Å². The Bertz CT molecular complexity index is 763. The first-order valence-electron chi connectivity index (χ1n) is 10.0. The zero-order valence-corrected chi connectivity index (χ0v) is 16.6. The van der Waals surface area contributed by atoms with Crippen molar-refractivity contribution in [2.75, 3.05) is 37.8 Å². The van der Waals surface area contributed by atoms with Gasteiger partial charge in [0.25, 0.3) is 11.6 Å². The first-order chi connectivity index (χ1) is 14.0.